The topological polar surface area (TPSA) is 73.1 Å². The number of aromatic nitrogens is 2. The molecule has 0 aliphatic carbocycles. The number of anilines is 1. The number of hydrogen-bond donors (Lipinski definition) is 0. The zero-order chi connectivity index (χ0) is 16.5. The Balaban J connectivity index is 1.68. The number of nitriles is 1. The third kappa shape index (κ3) is 2.29. The molecular formula is C18H17N5O. The van der Waals surface area contributed by atoms with Gasteiger partial charge in [-0.2, -0.15) is 5.26 Å². The van der Waals surface area contributed by atoms with E-state index in [1.165, 1.54) is 6.33 Å². The average Bonchev–Trinajstić information content (AvgIpc) is 3.28. The van der Waals surface area contributed by atoms with Gasteiger partial charge in [0, 0.05) is 30.5 Å². The molecule has 2 aliphatic heterocycles. The molecule has 6 heteroatoms. The molecule has 3 heterocycles. The van der Waals surface area contributed by atoms with Gasteiger partial charge in [0.05, 0.1) is 5.69 Å². The van der Waals surface area contributed by atoms with Crippen LogP contribution in [0.4, 0.5) is 5.69 Å². The highest BCUT2D eigenvalue weighted by Gasteiger charge is 2.36. The number of carbonyl (C=O) groups excluding carboxylic acids is 1. The molecule has 2 aliphatic rings. The SMILES string of the molecule is N#CN1CCCC1C(=O)N1CCc2c(-c3ccncn3)cccc21. The lowest BCUT2D eigenvalue weighted by atomic mass is 10.0. The minimum absolute atomic E-state index is 0.0348. The van der Waals surface area contributed by atoms with Crippen molar-refractivity contribution in [3.63, 3.8) is 0 Å². The number of likely N-dealkylation sites (tertiary alicyclic amines) is 1. The molecule has 2 aromatic rings. The number of nitrogens with zero attached hydrogens (tertiary/aromatic N) is 5. The largest absolute Gasteiger partial charge is 0.310 e. The van der Waals surface area contributed by atoms with E-state index in [9.17, 15) is 10.1 Å². The van der Waals surface area contributed by atoms with E-state index < -0.39 is 0 Å². The summed E-state index contributed by atoms with van der Waals surface area (Å²) in [5.74, 6) is 0.0348. The molecule has 6 nitrogen and oxygen atoms in total. The van der Waals surface area contributed by atoms with E-state index in [2.05, 4.69) is 16.2 Å². The molecule has 4 rings (SSSR count). The van der Waals surface area contributed by atoms with Crippen LogP contribution in [0.2, 0.25) is 0 Å². The maximum atomic E-state index is 12.9. The molecule has 1 atom stereocenters. The summed E-state index contributed by atoms with van der Waals surface area (Å²) in [6, 6.07) is 7.54. The Morgan fingerprint density at radius 1 is 1.29 bits per heavy atom. The van der Waals surface area contributed by atoms with Gasteiger partial charge < -0.3 is 4.90 Å². The van der Waals surface area contributed by atoms with Gasteiger partial charge in [-0.25, -0.2) is 9.97 Å². The normalized spacial score (nSPS) is 19.2. The van der Waals surface area contributed by atoms with Gasteiger partial charge in [0.25, 0.3) is 0 Å². The lowest BCUT2D eigenvalue weighted by molar-refractivity contribution is -0.121. The van der Waals surface area contributed by atoms with Crippen molar-refractivity contribution in [2.24, 2.45) is 0 Å². The predicted molar refractivity (Wildman–Crippen MR) is 88.9 cm³/mol. The minimum Gasteiger partial charge on any atom is -0.310 e. The predicted octanol–water partition coefficient (Wildman–Crippen LogP) is 1.98. The second-order valence-corrected chi connectivity index (χ2v) is 6.09. The van der Waals surface area contributed by atoms with Crippen molar-refractivity contribution in [2.75, 3.05) is 18.0 Å². The van der Waals surface area contributed by atoms with Crippen LogP contribution >= 0.6 is 0 Å². The van der Waals surface area contributed by atoms with E-state index in [4.69, 9.17) is 0 Å². The molecule has 0 radical (unpaired) electrons. The summed E-state index contributed by atoms with van der Waals surface area (Å²) in [5, 5.41) is 9.21. The molecule has 0 spiro atoms. The van der Waals surface area contributed by atoms with Gasteiger partial charge in [-0.05, 0) is 37.0 Å². The van der Waals surface area contributed by atoms with Crippen LogP contribution in [0.15, 0.2) is 36.8 Å². The highest BCUT2D eigenvalue weighted by molar-refractivity contribution is 6.00. The molecule has 0 N–H and O–H groups in total. The first-order valence-electron chi connectivity index (χ1n) is 8.15. The molecule has 24 heavy (non-hydrogen) atoms. The summed E-state index contributed by atoms with van der Waals surface area (Å²) >= 11 is 0. The first-order chi connectivity index (χ1) is 11.8. The number of benzene rings is 1. The van der Waals surface area contributed by atoms with E-state index >= 15 is 0 Å². The van der Waals surface area contributed by atoms with Gasteiger partial charge in [0.1, 0.15) is 12.4 Å². The van der Waals surface area contributed by atoms with Crippen molar-refractivity contribution in [3.8, 4) is 17.5 Å². The van der Waals surface area contributed by atoms with Gasteiger partial charge in [0.2, 0.25) is 5.91 Å². The molecule has 120 valence electrons. The minimum atomic E-state index is -0.316. The fourth-order valence-electron chi connectivity index (χ4n) is 3.68. The number of amides is 1. The van der Waals surface area contributed by atoms with Crippen molar-refractivity contribution < 1.29 is 4.79 Å². The van der Waals surface area contributed by atoms with Crippen LogP contribution in [0, 0.1) is 11.5 Å². The van der Waals surface area contributed by atoms with E-state index in [0.717, 1.165) is 41.8 Å². The lowest BCUT2D eigenvalue weighted by Crippen LogP contribution is -2.43. The molecule has 1 amide bonds. The summed E-state index contributed by atoms with van der Waals surface area (Å²) in [6.45, 7) is 1.33. The van der Waals surface area contributed by atoms with Crippen LogP contribution in [-0.4, -0.2) is 39.9 Å². The van der Waals surface area contributed by atoms with Crippen molar-refractivity contribution in [1.82, 2.24) is 14.9 Å². The number of fused-ring (bicyclic) bond motifs is 1. The van der Waals surface area contributed by atoms with Crippen LogP contribution in [0.3, 0.4) is 0 Å². The lowest BCUT2D eigenvalue weighted by Gasteiger charge is -2.24. The molecule has 1 aromatic carbocycles. The van der Waals surface area contributed by atoms with Crippen LogP contribution in [0.25, 0.3) is 11.3 Å². The molecule has 0 bridgehead atoms. The maximum absolute atomic E-state index is 12.9. The molecular weight excluding hydrogens is 302 g/mol. The average molecular weight is 319 g/mol. The van der Waals surface area contributed by atoms with Crippen LogP contribution < -0.4 is 4.90 Å². The summed E-state index contributed by atoms with van der Waals surface area (Å²) in [6.07, 6.45) is 7.87. The Labute approximate surface area is 140 Å². The van der Waals surface area contributed by atoms with E-state index in [0.29, 0.717) is 13.1 Å². The first kappa shape index (κ1) is 14.6. The quantitative estimate of drug-likeness (QED) is 0.791. The number of carbonyl (C=O) groups is 1. The number of hydrogen-bond acceptors (Lipinski definition) is 5. The summed E-state index contributed by atoms with van der Waals surface area (Å²) in [7, 11) is 0. The Bertz CT molecular complexity index is 814. The maximum Gasteiger partial charge on any atom is 0.250 e. The smallest absolute Gasteiger partial charge is 0.250 e. The molecule has 0 saturated carbocycles. The zero-order valence-electron chi connectivity index (χ0n) is 13.2. The Morgan fingerprint density at radius 2 is 2.21 bits per heavy atom. The van der Waals surface area contributed by atoms with Crippen molar-refractivity contribution in [3.05, 3.63) is 42.4 Å². The van der Waals surface area contributed by atoms with Crippen molar-refractivity contribution >= 4 is 11.6 Å². The van der Waals surface area contributed by atoms with E-state index in [1.807, 2.05) is 29.2 Å². The van der Waals surface area contributed by atoms with Crippen LogP contribution in [0.5, 0.6) is 0 Å². The summed E-state index contributed by atoms with van der Waals surface area (Å²) in [4.78, 5) is 24.7. The highest BCUT2D eigenvalue weighted by atomic mass is 16.2. The zero-order valence-corrected chi connectivity index (χ0v) is 13.2. The van der Waals surface area contributed by atoms with Gasteiger partial charge >= 0.3 is 0 Å². The summed E-state index contributed by atoms with van der Waals surface area (Å²) < 4.78 is 0. The van der Waals surface area contributed by atoms with Gasteiger partial charge in [-0.1, -0.05) is 12.1 Å². The Kier molecular flexibility index (Phi) is 3.62. The Hall–Kier alpha value is -2.94. The monoisotopic (exact) mass is 319 g/mol. The fourth-order valence-corrected chi connectivity index (χ4v) is 3.68. The molecule has 1 fully saturated rings. The van der Waals surface area contributed by atoms with E-state index in [-0.39, 0.29) is 11.9 Å². The highest BCUT2D eigenvalue weighted by Crippen LogP contribution is 2.36. The molecule has 1 unspecified atom stereocenters. The van der Waals surface area contributed by atoms with E-state index in [1.54, 1.807) is 11.1 Å². The third-order valence-electron chi connectivity index (χ3n) is 4.82. The van der Waals surface area contributed by atoms with Gasteiger partial charge in [-0.3, -0.25) is 9.69 Å². The van der Waals surface area contributed by atoms with Crippen molar-refractivity contribution in [2.45, 2.75) is 25.3 Å². The van der Waals surface area contributed by atoms with Crippen molar-refractivity contribution in [1.29, 1.82) is 5.26 Å². The standard InChI is InChI=1S/C18H17N5O/c19-11-22-9-2-5-17(22)18(24)23-10-7-14-13(3-1-4-16(14)23)15-6-8-20-12-21-15/h1,3-4,6,8,12,17H,2,5,7,9-10H2. The first-order valence-corrected chi connectivity index (χ1v) is 8.15. The van der Waals surface area contributed by atoms with Crippen LogP contribution in [-0.2, 0) is 11.2 Å². The number of rotatable bonds is 2. The third-order valence-corrected chi connectivity index (χ3v) is 4.82. The fraction of sp³-hybridized carbons (Fsp3) is 0.333. The van der Waals surface area contributed by atoms with Gasteiger partial charge in [0.15, 0.2) is 6.19 Å². The van der Waals surface area contributed by atoms with Crippen LogP contribution in [0.1, 0.15) is 18.4 Å². The molecule has 1 saturated heterocycles. The summed E-state index contributed by atoms with van der Waals surface area (Å²) in [5.41, 5.74) is 4.01. The second kappa shape index (κ2) is 5.93. The Morgan fingerprint density at radius 3 is 3.00 bits per heavy atom. The molecule has 1 aromatic heterocycles. The second-order valence-electron chi connectivity index (χ2n) is 6.09. The van der Waals surface area contributed by atoms with Gasteiger partial charge in [-0.15, -0.1) is 0 Å².